The van der Waals surface area contributed by atoms with Crippen molar-refractivity contribution in [2.24, 2.45) is 5.14 Å². The fourth-order valence-electron chi connectivity index (χ4n) is 1.62. The molecule has 0 saturated heterocycles. The van der Waals surface area contributed by atoms with Crippen LogP contribution in [0.1, 0.15) is 30.1 Å². The molecule has 1 aliphatic carbocycles. The number of carboxylic acids is 1. The second-order valence-corrected chi connectivity index (χ2v) is 6.30. The average Bonchev–Trinajstić information content (AvgIpc) is 2.94. The minimum absolute atomic E-state index is 0.0883. The number of nitrogens with two attached hydrogens (primary N) is 1. The lowest BCUT2D eigenvalue weighted by Gasteiger charge is -2.15. The topological polar surface area (TPSA) is 109 Å². The minimum atomic E-state index is -3.89. The number of nitrogens with one attached hydrogen (secondary N) is 1. The fourth-order valence-corrected chi connectivity index (χ4v) is 2.16. The van der Waals surface area contributed by atoms with Crippen molar-refractivity contribution in [3.63, 3.8) is 0 Å². The summed E-state index contributed by atoms with van der Waals surface area (Å²) in [5.41, 5.74) is 0.234. The van der Waals surface area contributed by atoms with Gasteiger partial charge in [-0.1, -0.05) is 0 Å². The van der Waals surface area contributed by atoms with E-state index in [4.69, 9.17) is 10.2 Å². The zero-order valence-corrected chi connectivity index (χ0v) is 10.6. The average molecular weight is 270 g/mol. The monoisotopic (exact) mass is 270 g/mol. The van der Waals surface area contributed by atoms with Crippen molar-refractivity contribution in [1.82, 2.24) is 0 Å². The molecule has 1 saturated carbocycles. The summed E-state index contributed by atoms with van der Waals surface area (Å²) in [6, 6.07) is 3.81. The van der Waals surface area contributed by atoms with Gasteiger partial charge in [0.2, 0.25) is 10.0 Å². The van der Waals surface area contributed by atoms with Gasteiger partial charge in [-0.3, -0.25) is 0 Å². The van der Waals surface area contributed by atoms with Crippen LogP contribution >= 0.6 is 0 Å². The fraction of sp³-hybridized carbons (Fsp3) is 0.364. The first-order valence-corrected chi connectivity index (χ1v) is 6.94. The van der Waals surface area contributed by atoms with E-state index in [1.807, 2.05) is 6.92 Å². The summed E-state index contributed by atoms with van der Waals surface area (Å²) in [7, 11) is -3.89. The number of benzene rings is 1. The van der Waals surface area contributed by atoms with Gasteiger partial charge in [-0.15, -0.1) is 0 Å². The first kappa shape index (κ1) is 12.8. The summed E-state index contributed by atoms with van der Waals surface area (Å²) in [4.78, 5) is 10.9. The van der Waals surface area contributed by atoms with E-state index in [2.05, 4.69) is 5.32 Å². The minimum Gasteiger partial charge on any atom is -0.478 e. The molecule has 1 fully saturated rings. The van der Waals surface area contributed by atoms with Gasteiger partial charge in [0.25, 0.3) is 0 Å². The molecule has 0 amide bonds. The first-order chi connectivity index (χ1) is 8.21. The second kappa shape index (κ2) is 3.96. The molecular formula is C11H14N2O4S. The highest BCUT2D eigenvalue weighted by molar-refractivity contribution is 7.89. The largest absolute Gasteiger partial charge is 0.478 e. The summed E-state index contributed by atoms with van der Waals surface area (Å²) < 4.78 is 22.4. The number of carbonyl (C=O) groups is 1. The Balaban J connectivity index is 2.44. The molecular weight excluding hydrogens is 256 g/mol. The van der Waals surface area contributed by atoms with E-state index in [9.17, 15) is 13.2 Å². The number of aromatic carboxylic acids is 1. The lowest BCUT2D eigenvalue weighted by molar-refractivity contribution is 0.0697. The lowest BCUT2D eigenvalue weighted by atomic mass is 10.1. The summed E-state index contributed by atoms with van der Waals surface area (Å²) in [6.45, 7) is 1.98. The predicted octanol–water partition coefficient (Wildman–Crippen LogP) is 0.997. The molecule has 98 valence electrons. The van der Waals surface area contributed by atoms with E-state index < -0.39 is 16.0 Å². The Bertz CT molecular complexity index is 605. The molecule has 0 atom stereocenters. The van der Waals surface area contributed by atoms with Gasteiger partial charge in [0.05, 0.1) is 10.5 Å². The molecule has 1 aromatic carbocycles. The van der Waals surface area contributed by atoms with Crippen LogP contribution < -0.4 is 10.5 Å². The van der Waals surface area contributed by atoms with Crippen LogP contribution in [-0.2, 0) is 10.0 Å². The number of hydrogen-bond donors (Lipinski definition) is 3. The summed E-state index contributed by atoms with van der Waals surface area (Å²) in [5, 5.41) is 17.2. The highest BCUT2D eigenvalue weighted by atomic mass is 32.2. The molecule has 7 heteroatoms. The highest BCUT2D eigenvalue weighted by Gasteiger charge is 2.37. The Morgan fingerprint density at radius 3 is 2.50 bits per heavy atom. The number of hydrogen-bond acceptors (Lipinski definition) is 4. The van der Waals surface area contributed by atoms with Crippen LogP contribution in [0.15, 0.2) is 23.1 Å². The van der Waals surface area contributed by atoms with Crippen LogP contribution in [0, 0.1) is 0 Å². The molecule has 0 aromatic heterocycles. The third-order valence-corrected chi connectivity index (χ3v) is 3.90. The Morgan fingerprint density at radius 1 is 1.44 bits per heavy atom. The van der Waals surface area contributed by atoms with E-state index in [1.54, 1.807) is 0 Å². The van der Waals surface area contributed by atoms with Crippen molar-refractivity contribution in [3.8, 4) is 0 Å². The van der Waals surface area contributed by atoms with Crippen LogP contribution in [0.25, 0.3) is 0 Å². The zero-order chi connectivity index (χ0) is 13.6. The molecule has 0 unspecified atom stereocenters. The van der Waals surface area contributed by atoms with Crippen molar-refractivity contribution in [3.05, 3.63) is 23.8 Å². The third-order valence-electron chi connectivity index (χ3n) is 2.99. The number of primary sulfonamides is 1. The van der Waals surface area contributed by atoms with E-state index in [1.165, 1.54) is 12.1 Å². The van der Waals surface area contributed by atoms with Gasteiger partial charge < -0.3 is 10.4 Å². The lowest BCUT2D eigenvalue weighted by Crippen LogP contribution is -2.19. The maximum Gasteiger partial charge on any atom is 0.337 e. The van der Waals surface area contributed by atoms with Crippen molar-refractivity contribution in [2.75, 3.05) is 5.32 Å². The van der Waals surface area contributed by atoms with Crippen LogP contribution in [0.3, 0.4) is 0 Å². The first-order valence-electron chi connectivity index (χ1n) is 5.40. The maximum absolute atomic E-state index is 11.2. The van der Waals surface area contributed by atoms with Crippen LogP contribution in [0.4, 0.5) is 5.69 Å². The second-order valence-electron chi connectivity index (χ2n) is 4.74. The van der Waals surface area contributed by atoms with Gasteiger partial charge in [0, 0.05) is 11.2 Å². The van der Waals surface area contributed by atoms with Crippen LogP contribution in [0.2, 0.25) is 0 Å². The Kier molecular flexibility index (Phi) is 2.83. The molecule has 0 spiro atoms. The van der Waals surface area contributed by atoms with E-state index >= 15 is 0 Å². The molecule has 2 rings (SSSR count). The maximum atomic E-state index is 11.2. The molecule has 0 aliphatic heterocycles. The Morgan fingerprint density at radius 2 is 2.06 bits per heavy atom. The van der Waals surface area contributed by atoms with Crippen molar-refractivity contribution in [2.45, 2.75) is 30.2 Å². The Hall–Kier alpha value is -1.60. The Labute approximate surface area is 105 Å². The molecule has 0 radical (unpaired) electrons. The molecule has 0 bridgehead atoms. The van der Waals surface area contributed by atoms with E-state index in [-0.39, 0.29) is 16.0 Å². The molecule has 1 aromatic rings. The van der Waals surface area contributed by atoms with Crippen LogP contribution in [0.5, 0.6) is 0 Å². The van der Waals surface area contributed by atoms with Gasteiger partial charge >= 0.3 is 5.97 Å². The van der Waals surface area contributed by atoms with E-state index in [0.717, 1.165) is 18.9 Å². The van der Waals surface area contributed by atoms with E-state index in [0.29, 0.717) is 5.69 Å². The number of anilines is 1. The molecule has 6 nitrogen and oxygen atoms in total. The van der Waals surface area contributed by atoms with Crippen molar-refractivity contribution in [1.29, 1.82) is 0 Å². The number of rotatable bonds is 4. The quantitative estimate of drug-likeness (QED) is 0.756. The predicted molar refractivity (Wildman–Crippen MR) is 66.0 cm³/mol. The highest BCUT2D eigenvalue weighted by Crippen LogP contribution is 2.39. The molecule has 4 N–H and O–H groups in total. The van der Waals surface area contributed by atoms with Crippen LogP contribution in [-0.4, -0.2) is 25.0 Å². The normalized spacial score (nSPS) is 17.2. The summed E-state index contributed by atoms with van der Waals surface area (Å²) in [5.74, 6) is -1.19. The smallest absolute Gasteiger partial charge is 0.337 e. The summed E-state index contributed by atoms with van der Waals surface area (Å²) in [6.07, 6.45) is 1.92. The standard InChI is InChI=1S/C11H14N2O4S/c1-11(4-5-11)13-9-3-2-7(18(12,16)17)6-8(9)10(14)15/h2-3,6,13H,4-5H2,1H3,(H,14,15)(H2,12,16,17). The summed E-state index contributed by atoms with van der Waals surface area (Å²) >= 11 is 0. The van der Waals surface area contributed by atoms with Gasteiger partial charge in [0.1, 0.15) is 0 Å². The third kappa shape index (κ3) is 2.62. The van der Waals surface area contributed by atoms with Gasteiger partial charge in [-0.2, -0.15) is 0 Å². The molecule has 1 aliphatic rings. The molecule has 18 heavy (non-hydrogen) atoms. The number of carboxylic acid groups (broad SMARTS) is 1. The van der Waals surface area contributed by atoms with Gasteiger partial charge in [0.15, 0.2) is 0 Å². The van der Waals surface area contributed by atoms with Gasteiger partial charge in [-0.05, 0) is 38.0 Å². The van der Waals surface area contributed by atoms with Gasteiger partial charge in [-0.25, -0.2) is 18.4 Å². The van der Waals surface area contributed by atoms with Crippen molar-refractivity contribution >= 4 is 21.7 Å². The van der Waals surface area contributed by atoms with Crippen molar-refractivity contribution < 1.29 is 18.3 Å². The zero-order valence-electron chi connectivity index (χ0n) is 9.80. The molecule has 0 heterocycles. The number of sulfonamides is 1. The SMILES string of the molecule is CC1(Nc2ccc(S(N)(=O)=O)cc2C(=O)O)CC1.